The summed E-state index contributed by atoms with van der Waals surface area (Å²) in [6.45, 7) is 0.475. The molecule has 2 aromatic carbocycles. The van der Waals surface area contributed by atoms with Gasteiger partial charge in [-0.3, -0.25) is 4.79 Å². The van der Waals surface area contributed by atoms with Crippen molar-refractivity contribution in [3.05, 3.63) is 65.5 Å². The van der Waals surface area contributed by atoms with Crippen molar-refractivity contribution in [1.29, 1.82) is 0 Å². The fourth-order valence-electron chi connectivity index (χ4n) is 2.10. The Hall–Kier alpha value is -2.36. The number of aromatic hydroxyl groups is 1. The molecule has 0 radical (unpaired) electrons. The van der Waals surface area contributed by atoms with Crippen molar-refractivity contribution in [2.24, 2.45) is 0 Å². The summed E-state index contributed by atoms with van der Waals surface area (Å²) in [5.74, 6) is -0.127. The van der Waals surface area contributed by atoms with E-state index in [0.717, 1.165) is 11.1 Å². The van der Waals surface area contributed by atoms with E-state index in [1.165, 1.54) is 12.1 Å². The number of nitrogens with one attached hydrogen (secondary N) is 1. The molecule has 0 spiro atoms. The summed E-state index contributed by atoms with van der Waals surface area (Å²) in [7, 11) is 0. The van der Waals surface area contributed by atoms with Crippen LogP contribution in [0.3, 0.4) is 0 Å². The Morgan fingerprint density at radius 3 is 2.67 bits per heavy atom. The minimum Gasteiger partial charge on any atom is -0.508 e. The average molecular weight is 287 g/mol. The molecule has 0 atom stereocenters. The maximum absolute atomic E-state index is 13.0. The molecule has 2 N–H and O–H groups in total. The number of hydrogen-bond acceptors (Lipinski definition) is 2. The minimum absolute atomic E-state index is 0.0744. The van der Waals surface area contributed by atoms with Crippen LogP contribution in [-0.2, 0) is 17.6 Å². The molecule has 0 aromatic heterocycles. The van der Waals surface area contributed by atoms with Gasteiger partial charge in [-0.2, -0.15) is 0 Å². The highest BCUT2D eigenvalue weighted by Crippen LogP contribution is 2.16. The number of amides is 1. The predicted octanol–water partition coefficient (Wildman–Crippen LogP) is 2.82. The van der Waals surface area contributed by atoms with Crippen LogP contribution >= 0.6 is 0 Å². The minimum atomic E-state index is -0.265. The molecule has 0 heterocycles. The van der Waals surface area contributed by atoms with Crippen LogP contribution < -0.4 is 5.32 Å². The monoisotopic (exact) mass is 287 g/mol. The number of carbonyl (C=O) groups excluding carboxylic acids is 1. The molecule has 1 amide bonds. The van der Waals surface area contributed by atoms with Crippen LogP contribution in [-0.4, -0.2) is 17.6 Å². The molecule has 0 saturated heterocycles. The Morgan fingerprint density at radius 1 is 1.10 bits per heavy atom. The third kappa shape index (κ3) is 4.91. The molecule has 0 unspecified atom stereocenters. The van der Waals surface area contributed by atoms with E-state index < -0.39 is 0 Å². The normalized spacial score (nSPS) is 10.3. The number of phenols is 1. The zero-order valence-corrected chi connectivity index (χ0v) is 11.7. The van der Waals surface area contributed by atoms with E-state index in [4.69, 9.17) is 0 Å². The van der Waals surface area contributed by atoms with Gasteiger partial charge in [0.05, 0.1) is 0 Å². The fourth-order valence-corrected chi connectivity index (χ4v) is 2.10. The number of para-hydroxylation sites is 1. The summed E-state index contributed by atoms with van der Waals surface area (Å²) < 4.78 is 13.0. The van der Waals surface area contributed by atoms with Gasteiger partial charge in [-0.15, -0.1) is 0 Å². The molecule has 2 aromatic rings. The molecule has 4 heteroatoms. The van der Waals surface area contributed by atoms with Gasteiger partial charge in [0.2, 0.25) is 5.91 Å². The maximum atomic E-state index is 13.0. The van der Waals surface area contributed by atoms with Crippen molar-refractivity contribution in [2.45, 2.75) is 19.3 Å². The van der Waals surface area contributed by atoms with Crippen LogP contribution in [0.25, 0.3) is 0 Å². The highest BCUT2D eigenvalue weighted by Gasteiger charge is 2.05. The number of hydrogen-bond donors (Lipinski definition) is 2. The predicted molar refractivity (Wildman–Crippen MR) is 79.5 cm³/mol. The van der Waals surface area contributed by atoms with Gasteiger partial charge in [-0.25, -0.2) is 4.39 Å². The summed E-state index contributed by atoms with van der Waals surface area (Å²) in [4.78, 5) is 11.7. The number of rotatable bonds is 6. The Labute approximate surface area is 123 Å². The van der Waals surface area contributed by atoms with E-state index in [2.05, 4.69) is 5.32 Å². The Bertz CT molecular complexity index is 613. The van der Waals surface area contributed by atoms with Gasteiger partial charge in [-0.05, 0) is 42.2 Å². The zero-order chi connectivity index (χ0) is 15.1. The van der Waals surface area contributed by atoms with Gasteiger partial charge in [0, 0.05) is 13.0 Å². The lowest BCUT2D eigenvalue weighted by molar-refractivity contribution is -0.121. The van der Waals surface area contributed by atoms with Crippen molar-refractivity contribution >= 4 is 5.91 Å². The Morgan fingerprint density at radius 2 is 1.90 bits per heavy atom. The Kier molecular flexibility index (Phi) is 5.32. The van der Waals surface area contributed by atoms with Crippen molar-refractivity contribution in [2.75, 3.05) is 6.54 Å². The summed E-state index contributed by atoms with van der Waals surface area (Å²) in [6, 6.07) is 13.3. The summed E-state index contributed by atoms with van der Waals surface area (Å²) in [6.07, 6.45) is 1.42. The SMILES string of the molecule is O=C(CCc1ccccc1O)NCCc1cccc(F)c1. The van der Waals surface area contributed by atoms with Gasteiger partial charge in [0.15, 0.2) is 0 Å². The standard InChI is InChI=1S/C17H18FNO2/c18-15-6-3-4-13(12-15)10-11-19-17(21)9-8-14-5-1-2-7-16(14)20/h1-7,12,20H,8-11H2,(H,19,21). The topological polar surface area (TPSA) is 49.3 Å². The number of halogens is 1. The van der Waals surface area contributed by atoms with Crippen molar-refractivity contribution in [3.8, 4) is 5.75 Å². The number of carbonyl (C=O) groups is 1. The second-order valence-corrected chi connectivity index (χ2v) is 4.86. The molecule has 3 nitrogen and oxygen atoms in total. The lowest BCUT2D eigenvalue weighted by Crippen LogP contribution is -2.25. The van der Waals surface area contributed by atoms with Crippen LogP contribution in [0.1, 0.15) is 17.5 Å². The third-order valence-electron chi connectivity index (χ3n) is 3.24. The number of aryl methyl sites for hydroxylation is 1. The van der Waals surface area contributed by atoms with Gasteiger partial charge >= 0.3 is 0 Å². The van der Waals surface area contributed by atoms with Crippen LogP contribution in [0.2, 0.25) is 0 Å². The smallest absolute Gasteiger partial charge is 0.220 e. The van der Waals surface area contributed by atoms with E-state index in [-0.39, 0.29) is 17.5 Å². The molecule has 0 aliphatic rings. The van der Waals surface area contributed by atoms with Crippen LogP contribution in [0.4, 0.5) is 4.39 Å². The van der Waals surface area contributed by atoms with E-state index in [0.29, 0.717) is 25.8 Å². The van der Waals surface area contributed by atoms with Gasteiger partial charge in [0.1, 0.15) is 11.6 Å². The molecular formula is C17H18FNO2. The molecule has 0 saturated carbocycles. The molecule has 2 rings (SSSR count). The molecule has 21 heavy (non-hydrogen) atoms. The highest BCUT2D eigenvalue weighted by atomic mass is 19.1. The van der Waals surface area contributed by atoms with Crippen molar-refractivity contribution in [1.82, 2.24) is 5.32 Å². The first kappa shape index (κ1) is 15.0. The first-order valence-electron chi connectivity index (χ1n) is 6.93. The maximum Gasteiger partial charge on any atom is 0.220 e. The molecule has 0 fully saturated rings. The lowest BCUT2D eigenvalue weighted by atomic mass is 10.1. The van der Waals surface area contributed by atoms with E-state index in [1.807, 2.05) is 12.1 Å². The quantitative estimate of drug-likeness (QED) is 0.858. The summed E-state index contributed by atoms with van der Waals surface area (Å²) >= 11 is 0. The molecular weight excluding hydrogens is 269 g/mol. The van der Waals surface area contributed by atoms with Crippen molar-refractivity contribution < 1.29 is 14.3 Å². The lowest BCUT2D eigenvalue weighted by Gasteiger charge is -2.06. The van der Waals surface area contributed by atoms with Gasteiger partial charge in [-0.1, -0.05) is 30.3 Å². The molecule has 0 aliphatic heterocycles. The average Bonchev–Trinajstić information content (AvgIpc) is 2.46. The van der Waals surface area contributed by atoms with E-state index >= 15 is 0 Å². The molecule has 0 aliphatic carbocycles. The zero-order valence-electron chi connectivity index (χ0n) is 11.7. The van der Waals surface area contributed by atoms with Crippen molar-refractivity contribution in [3.63, 3.8) is 0 Å². The largest absolute Gasteiger partial charge is 0.508 e. The molecule has 110 valence electrons. The van der Waals surface area contributed by atoms with Gasteiger partial charge < -0.3 is 10.4 Å². The van der Waals surface area contributed by atoms with Gasteiger partial charge in [0.25, 0.3) is 0 Å². The first-order valence-corrected chi connectivity index (χ1v) is 6.93. The van der Waals surface area contributed by atoms with Crippen LogP contribution in [0, 0.1) is 5.82 Å². The van der Waals surface area contributed by atoms with E-state index in [1.54, 1.807) is 24.3 Å². The fraction of sp³-hybridized carbons (Fsp3) is 0.235. The highest BCUT2D eigenvalue weighted by molar-refractivity contribution is 5.76. The molecule has 0 bridgehead atoms. The summed E-state index contributed by atoms with van der Waals surface area (Å²) in [5, 5.41) is 12.4. The first-order chi connectivity index (χ1) is 10.1. The Balaban J connectivity index is 1.72. The third-order valence-corrected chi connectivity index (χ3v) is 3.24. The van der Waals surface area contributed by atoms with Crippen LogP contribution in [0.5, 0.6) is 5.75 Å². The van der Waals surface area contributed by atoms with E-state index in [9.17, 15) is 14.3 Å². The summed E-state index contributed by atoms with van der Waals surface area (Å²) in [5.41, 5.74) is 1.62. The number of benzene rings is 2. The second kappa shape index (κ2) is 7.43. The van der Waals surface area contributed by atoms with Crippen LogP contribution in [0.15, 0.2) is 48.5 Å². The second-order valence-electron chi connectivity index (χ2n) is 4.86. The number of phenolic OH excluding ortho intramolecular Hbond substituents is 1.